The summed E-state index contributed by atoms with van der Waals surface area (Å²) in [6.07, 6.45) is 0. The zero-order chi connectivity index (χ0) is 26.2. The highest BCUT2D eigenvalue weighted by molar-refractivity contribution is 6.22. The Kier molecular flexibility index (Phi) is 4.33. The molecule has 9 rings (SSSR count). The number of nitrogens with zero attached hydrogens (tertiary/aromatic N) is 3. The fraction of sp³-hybridized carbons (Fsp3) is 0. The maximum absolute atomic E-state index is 5.09. The van der Waals surface area contributed by atoms with Crippen LogP contribution in [0.3, 0.4) is 0 Å². The minimum absolute atomic E-state index is 0.934. The normalized spacial score (nSPS) is 12.0. The van der Waals surface area contributed by atoms with E-state index < -0.39 is 0 Å². The van der Waals surface area contributed by atoms with Gasteiger partial charge in [-0.15, -0.1) is 0 Å². The SMILES string of the molecule is c1ccc(-n2c3ccccc3c3ccc4cc5c(cc4c32)c2ccccc2n5-c2ccc3ccccc3n2)cc1. The van der Waals surface area contributed by atoms with Gasteiger partial charge in [-0.2, -0.15) is 0 Å². The van der Waals surface area contributed by atoms with Gasteiger partial charge in [0.15, 0.2) is 0 Å². The van der Waals surface area contributed by atoms with E-state index in [-0.39, 0.29) is 0 Å². The van der Waals surface area contributed by atoms with Crippen molar-refractivity contribution in [3.8, 4) is 11.5 Å². The van der Waals surface area contributed by atoms with Crippen LogP contribution >= 0.6 is 0 Å². The fourth-order valence-electron chi connectivity index (χ4n) is 6.52. The minimum Gasteiger partial charge on any atom is -0.309 e. The van der Waals surface area contributed by atoms with Crippen molar-refractivity contribution in [3.05, 3.63) is 140 Å². The summed E-state index contributed by atoms with van der Waals surface area (Å²) < 4.78 is 4.73. The first-order chi connectivity index (χ1) is 19.8. The standard InChI is InChI=1S/C37H23N3/c1-2-11-26(12-3-1)39-33-16-8-5-13-27(33)29-20-18-25-22-35-31(23-30(25)37(29)39)28-14-6-9-17-34(28)40(35)36-21-19-24-10-4-7-15-32(24)38-36/h1-23H. The third-order valence-electron chi connectivity index (χ3n) is 8.27. The monoisotopic (exact) mass is 509 g/mol. The van der Waals surface area contributed by atoms with Crippen molar-refractivity contribution in [2.75, 3.05) is 0 Å². The van der Waals surface area contributed by atoms with Crippen molar-refractivity contribution in [2.45, 2.75) is 0 Å². The molecular formula is C37H23N3. The Bertz CT molecular complexity index is 2430. The van der Waals surface area contributed by atoms with E-state index in [1.165, 1.54) is 54.6 Å². The molecule has 0 spiro atoms. The van der Waals surface area contributed by atoms with E-state index in [1.54, 1.807) is 0 Å². The molecule has 0 aliphatic carbocycles. The van der Waals surface area contributed by atoms with Crippen molar-refractivity contribution in [2.24, 2.45) is 0 Å². The summed E-state index contributed by atoms with van der Waals surface area (Å²) in [5, 5.41) is 8.61. The second kappa shape index (κ2) is 8.05. The van der Waals surface area contributed by atoms with Crippen LogP contribution in [0, 0.1) is 0 Å². The topological polar surface area (TPSA) is 22.8 Å². The zero-order valence-corrected chi connectivity index (χ0v) is 21.6. The van der Waals surface area contributed by atoms with Gasteiger partial charge in [-0.1, -0.05) is 84.9 Å². The number of fused-ring (bicyclic) bond motifs is 9. The molecule has 0 unspecified atom stereocenters. The van der Waals surface area contributed by atoms with E-state index in [0.717, 1.165) is 22.2 Å². The molecule has 3 heteroatoms. The van der Waals surface area contributed by atoms with Gasteiger partial charge in [-0.3, -0.25) is 4.57 Å². The van der Waals surface area contributed by atoms with Crippen LogP contribution in [0.25, 0.3) is 76.8 Å². The molecule has 186 valence electrons. The Morgan fingerprint density at radius 2 is 1.07 bits per heavy atom. The van der Waals surface area contributed by atoms with Gasteiger partial charge >= 0.3 is 0 Å². The molecule has 0 aliphatic rings. The minimum atomic E-state index is 0.934. The largest absolute Gasteiger partial charge is 0.309 e. The molecule has 0 aliphatic heterocycles. The molecule has 9 aromatic rings. The molecule has 3 heterocycles. The summed E-state index contributed by atoms with van der Waals surface area (Å²) >= 11 is 0. The molecule has 0 bridgehead atoms. The number of hydrogen-bond acceptors (Lipinski definition) is 1. The quantitative estimate of drug-likeness (QED) is 0.227. The van der Waals surface area contributed by atoms with Gasteiger partial charge in [-0.25, -0.2) is 4.98 Å². The Hall–Kier alpha value is -5.41. The van der Waals surface area contributed by atoms with Crippen LogP contribution in [0.4, 0.5) is 0 Å². The van der Waals surface area contributed by atoms with Crippen LogP contribution in [-0.4, -0.2) is 14.1 Å². The summed E-state index contributed by atoms with van der Waals surface area (Å²) in [6, 6.07) is 50.0. The third kappa shape index (κ3) is 2.92. The van der Waals surface area contributed by atoms with Gasteiger partial charge in [0, 0.05) is 38.0 Å². The first kappa shape index (κ1) is 21.5. The number of para-hydroxylation sites is 4. The van der Waals surface area contributed by atoms with E-state index in [9.17, 15) is 0 Å². The van der Waals surface area contributed by atoms with Gasteiger partial charge in [0.25, 0.3) is 0 Å². The first-order valence-electron chi connectivity index (χ1n) is 13.7. The van der Waals surface area contributed by atoms with Crippen LogP contribution in [0.5, 0.6) is 0 Å². The van der Waals surface area contributed by atoms with Crippen LogP contribution in [0.2, 0.25) is 0 Å². The molecule has 3 nitrogen and oxygen atoms in total. The number of rotatable bonds is 2. The number of aromatic nitrogens is 3. The molecular weight excluding hydrogens is 486 g/mol. The van der Waals surface area contributed by atoms with E-state index in [1.807, 2.05) is 0 Å². The fourth-order valence-corrected chi connectivity index (χ4v) is 6.52. The lowest BCUT2D eigenvalue weighted by atomic mass is 10.0. The van der Waals surface area contributed by atoms with Gasteiger partial charge in [0.05, 0.1) is 27.6 Å². The maximum Gasteiger partial charge on any atom is 0.138 e. The summed E-state index contributed by atoms with van der Waals surface area (Å²) in [4.78, 5) is 5.09. The summed E-state index contributed by atoms with van der Waals surface area (Å²) in [7, 11) is 0. The zero-order valence-electron chi connectivity index (χ0n) is 21.6. The Labute approximate surface area is 230 Å². The van der Waals surface area contributed by atoms with Crippen molar-refractivity contribution in [1.29, 1.82) is 0 Å². The van der Waals surface area contributed by atoms with Gasteiger partial charge in [0.2, 0.25) is 0 Å². The van der Waals surface area contributed by atoms with E-state index in [4.69, 9.17) is 4.98 Å². The number of pyridine rings is 1. The predicted octanol–water partition coefficient (Wildman–Crippen LogP) is 9.58. The second-order valence-electron chi connectivity index (χ2n) is 10.5. The molecule has 0 amide bonds. The highest BCUT2D eigenvalue weighted by Crippen LogP contribution is 2.40. The van der Waals surface area contributed by atoms with Crippen molar-refractivity contribution >= 4 is 65.3 Å². The number of hydrogen-bond donors (Lipinski definition) is 0. The Morgan fingerprint density at radius 3 is 1.93 bits per heavy atom. The Balaban J connectivity index is 1.44. The molecule has 0 saturated heterocycles. The van der Waals surface area contributed by atoms with E-state index in [2.05, 4.69) is 149 Å². The molecule has 3 aromatic heterocycles. The van der Waals surface area contributed by atoms with Crippen LogP contribution in [0.15, 0.2) is 140 Å². The molecule has 40 heavy (non-hydrogen) atoms. The molecule has 0 fully saturated rings. The van der Waals surface area contributed by atoms with Crippen molar-refractivity contribution < 1.29 is 0 Å². The van der Waals surface area contributed by atoms with Crippen LogP contribution < -0.4 is 0 Å². The highest BCUT2D eigenvalue weighted by atomic mass is 15.1. The van der Waals surface area contributed by atoms with Crippen LogP contribution in [-0.2, 0) is 0 Å². The summed E-state index contributed by atoms with van der Waals surface area (Å²) in [5.74, 6) is 0.934. The molecule has 0 radical (unpaired) electrons. The van der Waals surface area contributed by atoms with Crippen molar-refractivity contribution in [1.82, 2.24) is 14.1 Å². The van der Waals surface area contributed by atoms with Gasteiger partial charge in [-0.05, 0) is 60.0 Å². The van der Waals surface area contributed by atoms with Gasteiger partial charge < -0.3 is 4.57 Å². The number of benzene rings is 6. The summed E-state index contributed by atoms with van der Waals surface area (Å²) in [5.41, 5.74) is 6.96. The van der Waals surface area contributed by atoms with Gasteiger partial charge in [0.1, 0.15) is 5.82 Å². The maximum atomic E-state index is 5.09. The first-order valence-corrected chi connectivity index (χ1v) is 13.7. The molecule has 0 atom stereocenters. The lowest BCUT2D eigenvalue weighted by molar-refractivity contribution is 1.10. The van der Waals surface area contributed by atoms with Crippen LogP contribution in [0.1, 0.15) is 0 Å². The predicted molar refractivity (Wildman–Crippen MR) is 168 cm³/mol. The lowest BCUT2D eigenvalue weighted by Crippen LogP contribution is -1.97. The molecule has 0 N–H and O–H groups in total. The smallest absolute Gasteiger partial charge is 0.138 e. The summed E-state index contributed by atoms with van der Waals surface area (Å²) in [6.45, 7) is 0. The highest BCUT2D eigenvalue weighted by Gasteiger charge is 2.18. The van der Waals surface area contributed by atoms with E-state index >= 15 is 0 Å². The van der Waals surface area contributed by atoms with Crippen molar-refractivity contribution in [3.63, 3.8) is 0 Å². The van der Waals surface area contributed by atoms with E-state index in [0.29, 0.717) is 0 Å². The molecule has 0 saturated carbocycles. The average Bonchev–Trinajstić information content (AvgIpc) is 3.53. The Morgan fingerprint density at radius 1 is 0.400 bits per heavy atom. The average molecular weight is 510 g/mol. The molecule has 6 aromatic carbocycles. The second-order valence-corrected chi connectivity index (χ2v) is 10.5. The third-order valence-corrected chi connectivity index (χ3v) is 8.27. The lowest BCUT2D eigenvalue weighted by Gasteiger charge is -2.11.